The van der Waals surface area contributed by atoms with Crippen LogP contribution in [0.4, 0.5) is 4.79 Å². The number of rotatable bonds is 11. The van der Waals surface area contributed by atoms with Crippen LogP contribution in [0, 0.1) is 5.92 Å². The average Bonchev–Trinajstić information content (AvgIpc) is 2.74. The lowest BCUT2D eigenvalue weighted by Gasteiger charge is -2.20. The molecule has 0 aliphatic carbocycles. The van der Waals surface area contributed by atoms with Gasteiger partial charge >= 0.3 is 12.1 Å². The van der Waals surface area contributed by atoms with E-state index in [2.05, 4.69) is 60.8 Å². The summed E-state index contributed by atoms with van der Waals surface area (Å²) >= 11 is 0. The second kappa shape index (κ2) is 12.3. The Kier molecular flexibility index (Phi) is 9.76. The van der Waals surface area contributed by atoms with Gasteiger partial charge in [-0.25, -0.2) is 4.79 Å². The third kappa shape index (κ3) is 9.13. The number of aryl methyl sites for hydroxylation is 2. The molecule has 1 amide bonds. The number of unbranched alkanes of at least 4 members (excludes halogenated alkanes) is 1. The number of carbonyl (C=O) groups is 2. The summed E-state index contributed by atoms with van der Waals surface area (Å²) in [4.78, 5) is 23.3. The van der Waals surface area contributed by atoms with Crippen molar-refractivity contribution in [3.8, 4) is 11.1 Å². The molecular formula is C27H37NO4. The fourth-order valence-electron chi connectivity index (χ4n) is 3.50. The average molecular weight is 440 g/mol. The maximum Gasteiger partial charge on any atom is 0.407 e. The molecule has 32 heavy (non-hydrogen) atoms. The summed E-state index contributed by atoms with van der Waals surface area (Å²) in [5, 5.41) is 12.2. The first-order valence-electron chi connectivity index (χ1n) is 11.6. The van der Waals surface area contributed by atoms with Crippen LogP contribution in [-0.4, -0.2) is 29.3 Å². The summed E-state index contributed by atoms with van der Waals surface area (Å²) in [7, 11) is 0. The minimum Gasteiger partial charge on any atom is -0.481 e. The smallest absolute Gasteiger partial charge is 0.407 e. The van der Waals surface area contributed by atoms with Crippen LogP contribution >= 0.6 is 0 Å². The highest BCUT2D eigenvalue weighted by molar-refractivity contribution is 5.70. The maximum atomic E-state index is 11.7. The van der Waals surface area contributed by atoms with E-state index < -0.39 is 23.6 Å². The highest BCUT2D eigenvalue weighted by Gasteiger charge is 2.19. The number of aliphatic carboxylic acids is 1. The normalized spacial score (nSPS) is 12.2. The summed E-state index contributed by atoms with van der Waals surface area (Å²) in [5.74, 6) is -1.35. The van der Waals surface area contributed by atoms with Crippen molar-refractivity contribution >= 4 is 12.1 Å². The van der Waals surface area contributed by atoms with Crippen molar-refractivity contribution < 1.29 is 19.4 Å². The van der Waals surface area contributed by atoms with Gasteiger partial charge in [0, 0.05) is 6.54 Å². The van der Waals surface area contributed by atoms with E-state index in [-0.39, 0.29) is 6.54 Å². The molecule has 2 aromatic rings. The molecule has 5 nitrogen and oxygen atoms in total. The summed E-state index contributed by atoms with van der Waals surface area (Å²) in [6.45, 7) is 7.86. The molecule has 2 N–H and O–H groups in total. The number of carbonyl (C=O) groups excluding carboxylic acids is 1. The summed E-state index contributed by atoms with van der Waals surface area (Å²) in [6.07, 6.45) is 4.59. The number of carboxylic acids is 1. The number of hydrogen-bond acceptors (Lipinski definition) is 3. The van der Waals surface area contributed by atoms with Crippen molar-refractivity contribution in [1.29, 1.82) is 0 Å². The van der Waals surface area contributed by atoms with E-state index in [0.29, 0.717) is 19.3 Å². The predicted octanol–water partition coefficient (Wildman–Crippen LogP) is 6.24. The van der Waals surface area contributed by atoms with Crippen molar-refractivity contribution in [3.05, 3.63) is 59.7 Å². The van der Waals surface area contributed by atoms with E-state index in [1.165, 1.54) is 24.0 Å². The number of nitrogens with one attached hydrogen (secondary N) is 1. The Bertz CT molecular complexity index is 851. The van der Waals surface area contributed by atoms with Gasteiger partial charge in [0.1, 0.15) is 5.60 Å². The standard InChI is InChI=1S/C27H37NO4/c1-5-6-7-20-8-13-22(14-9-20)23-15-10-21(11-16-23)12-17-24(25(29)30)18-19-28-26(31)32-27(2,3)4/h8-11,13-16,24H,5-7,12,17-19H2,1-4H3,(H,28,31)(H,29,30)/t24-/m0/s1. The maximum absolute atomic E-state index is 11.7. The third-order valence-corrected chi connectivity index (χ3v) is 5.35. The van der Waals surface area contributed by atoms with Gasteiger partial charge in [-0.3, -0.25) is 4.79 Å². The number of carboxylic acid groups (broad SMARTS) is 1. The van der Waals surface area contributed by atoms with E-state index in [1.54, 1.807) is 20.8 Å². The molecule has 0 aliphatic heterocycles. The molecule has 0 aromatic heterocycles. The van der Waals surface area contributed by atoms with Crippen molar-refractivity contribution in [2.75, 3.05) is 6.54 Å². The van der Waals surface area contributed by atoms with Crippen LogP contribution in [0.25, 0.3) is 11.1 Å². The molecule has 0 heterocycles. The van der Waals surface area contributed by atoms with Gasteiger partial charge in [-0.2, -0.15) is 0 Å². The lowest BCUT2D eigenvalue weighted by Crippen LogP contribution is -2.34. The number of alkyl carbamates (subject to hydrolysis) is 1. The van der Waals surface area contributed by atoms with Gasteiger partial charge in [0.05, 0.1) is 5.92 Å². The molecule has 174 valence electrons. The monoisotopic (exact) mass is 439 g/mol. The van der Waals surface area contributed by atoms with Gasteiger partial charge < -0.3 is 15.2 Å². The predicted molar refractivity (Wildman–Crippen MR) is 129 cm³/mol. The zero-order chi connectivity index (χ0) is 23.6. The van der Waals surface area contributed by atoms with Crippen LogP contribution in [0.5, 0.6) is 0 Å². The van der Waals surface area contributed by atoms with Gasteiger partial charge in [-0.15, -0.1) is 0 Å². The quantitative estimate of drug-likeness (QED) is 0.434. The van der Waals surface area contributed by atoms with E-state index in [9.17, 15) is 14.7 Å². The van der Waals surface area contributed by atoms with E-state index in [4.69, 9.17) is 4.74 Å². The third-order valence-electron chi connectivity index (χ3n) is 5.35. The molecule has 0 fully saturated rings. The van der Waals surface area contributed by atoms with Crippen molar-refractivity contribution in [2.45, 2.75) is 71.8 Å². The van der Waals surface area contributed by atoms with E-state index in [1.807, 2.05) is 0 Å². The molecule has 0 spiro atoms. The van der Waals surface area contributed by atoms with Crippen LogP contribution in [0.1, 0.15) is 64.5 Å². The van der Waals surface area contributed by atoms with Gasteiger partial charge in [-0.05, 0) is 75.1 Å². The molecular weight excluding hydrogens is 402 g/mol. The lowest BCUT2D eigenvalue weighted by molar-refractivity contribution is -0.142. The van der Waals surface area contributed by atoms with Crippen LogP contribution in [0.15, 0.2) is 48.5 Å². The van der Waals surface area contributed by atoms with Crippen molar-refractivity contribution in [2.24, 2.45) is 5.92 Å². The molecule has 2 aromatic carbocycles. The fourth-order valence-corrected chi connectivity index (χ4v) is 3.50. The molecule has 0 radical (unpaired) electrons. The van der Waals surface area contributed by atoms with E-state index in [0.717, 1.165) is 17.5 Å². The zero-order valence-electron chi connectivity index (χ0n) is 19.8. The second-order valence-electron chi connectivity index (χ2n) is 9.29. The zero-order valence-corrected chi connectivity index (χ0v) is 19.8. The summed E-state index contributed by atoms with van der Waals surface area (Å²) < 4.78 is 5.18. The first kappa shape index (κ1) is 25.4. The Hall–Kier alpha value is -2.82. The molecule has 0 saturated carbocycles. The number of amides is 1. The van der Waals surface area contributed by atoms with Crippen molar-refractivity contribution in [3.63, 3.8) is 0 Å². The number of benzene rings is 2. The SMILES string of the molecule is CCCCc1ccc(-c2ccc(CC[C@@H](CCNC(=O)OC(C)(C)C)C(=O)O)cc2)cc1. The minimum absolute atomic E-state index is 0.277. The number of ether oxygens (including phenoxy) is 1. The molecule has 0 aliphatic rings. The largest absolute Gasteiger partial charge is 0.481 e. The van der Waals surface area contributed by atoms with Crippen LogP contribution in [0.2, 0.25) is 0 Å². The second-order valence-corrected chi connectivity index (χ2v) is 9.29. The Balaban J connectivity index is 1.84. The van der Waals surface area contributed by atoms with Crippen LogP contribution < -0.4 is 5.32 Å². The Morgan fingerprint density at radius 2 is 1.44 bits per heavy atom. The molecule has 0 bridgehead atoms. The lowest BCUT2D eigenvalue weighted by atomic mass is 9.95. The molecule has 0 saturated heterocycles. The van der Waals surface area contributed by atoms with Crippen LogP contribution in [-0.2, 0) is 22.4 Å². The first-order valence-corrected chi connectivity index (χ1v) is 11.6. The molecule has 1 atom stereocenters. The van der Waals surface area contributed by atoms with Gasteiger partial charge in [0.15, 0.2) is 0 Å². The fraction of sp³-hybridized carbons (Fsp3) is 0.481. The highest BCUT2D eigenvalue weighted by Crippen LogP contribution is 2.22. The molecule has 2 rings (SSSR count). The Morgan fingerprint density at radius 3 is 1.91 bits per heavy atom. The minimum atomic E-state index is -0.837. The Labute approximate surface area is 192 Å². The summed E-state index contributed by atoms with van der Waals surface area (Å²) in [5.41, 5.74) is 4.26. The highest BCUT2D eigenvalue weighted by atomic mass is 16.6. The Morgan fingerprint density at radius 1 is 0.906 bits per heavy atom. The first-order chi connectivity index (χ1) is 15.2. The van der Waals surface area contributed by atoms with Crippen molar-refractivity contribution in [1.82, 2.24) is 5.32 Å². The molecule has 5 heteroatoms. The number of hydrogen-bond donors (Lipinski definition) is 2. The van der Waals surface area contributed by atoms with E-state index >= 15 is 0 Å². The van der Waals surface area contributed by atoms with Gasteiger partial charge in [0.2, 0.25) is 0 Å². The molecule has 0 unspecified atom stereocenters. The summed E-state index contributed by atoms with van der Waals surface area (Å²) in [6, 6.07) is 17.0. The topological polar surface area (TPSA) is 75.6 Å². The van der Waals surface area contributed by atoms with Gasteiger partial charge in [-0.1, -0.05) is 61.9 Å². The van der Waals surface area contributed by atoms with Gasteiger partial charge in [0.25, 0.3) is 0 Å². The van der Waals surface area contributed by atoms with Crippen LogP contribution in [0.3, 0.4) is 0 Å².